The van der Waals surface area contributed by atoms with Gasteiger partial charge in [-0.2, -0.15) is 0 Å². The van der Waals surface area contributed by atoms with E-state index in [1.165, 1.54) is 77.2 Å². The van der Waals surface area contributed by atoms with Crippen LogP contribution in [0.1, 0.15) is 0 Å². The molecule has 0 bridgehead atoms. The minimum atomic E-state index is 1.09. The maximum absolute atomic E-state index is 2.45. The van der Waals surface area contributed by atoms with Gasteiger partial charge in [0.15, 0.2) is 0 Å². The summed E-state index contributed by atoms with van der Waals surface area (Å²) < 4.78 is 0. The highest BCUT2D eigenvalue weighted by atomic mass is 15.1. The summed E-state index contributed by atoms with van der Waals surface area (Å²) in [5.74, 6) is 0. The van der Waals surface area contributed by atoms with Crippen LogP contribution in [0, 0.1) is 0 Å². The standard InChI is InChI=1S/C56H39N/c1-5-17-40(18-6-1)43-29-31-45(32-30-43)55-53-27-15-13-25-51(53)52-26-14-16-28-54(52)56(55)57(49-23-11-4-12-24-49)50-35-33-44(34-36-50)48-38-46(41-19-7-2-8-20-41)37-47(39-48)42-21-9-3-10-22-42/h1-39H. The van der Waals surface area contributed by atoms with E-state index in [2.05, 4.69) is 241 Å². The van der Waals surface area contributed by atoms with Crippen molar-refractivity contribution in [1.82, 2.24) is 0 Å². The molecule has 0 N–H and O–H groups in total. The summed E-state index contributed by atoms with van der Waals surface area (Å²) in [4.78, 5) is 2.45. The van der Waals surface area contributed by atoms with E-state index in [1.54, 1.807) is 0 Å². The van der Waals surface area contributed by atoms with Crippen molar-refractivity contribution in [2.24, 2.45) is 0 Å². The predicted molar refractivity (Wildman–Crippen MR) is 243 cm³/mol. The van der Waals surface area contributed by atoms with Crippen LogP contribution in [0.2, 0.25) is 0 Å². The molecule has 0 aliphatic heterocycles. The van der Waals surface area contributed by atoms with E-state index >= 15 is 0 Å². The first-order valence-electron chi connectivity index (χ1n) is 19.6. The van der Waals surface area contributed by atoms with E-state index in [-0.39, 0.29) is 0 Å². The van der Waals surface area contributed by atoms with Crippen molar-refractivity contribution in [3.63, 3.8) is 0 Å². The van der Waals surface area contributed by atoms with Crippen LogP contribution >= 0.6 is 0 Å². The van der Waals surface area contributed by atoms with Gasteiger partial charge in [0, 0.05) is 22.3 Å². The second-order valence-corrected chi connectivity index (χ2v) is 14.5. The highest BCUT2D eigenvalue weighted by Gasteiger charge is 2.23. The van der Waals surface area contributed by atoms with Gasteiger partial charge in [0.25, 0.3) is 0 Å². The largest absolute Gasteiger partial charge is 0.309 e. The fraction of sp³-hybridized carbons (Fsp3) is 0. The molecule has 0 aromatic heterocycles. The predicted octanol–water partition coefficient (Wildman–Crippen LogP) is 15.8. The van der Waals surface area contributed by atoms with E-state index in [9.17, 15) is 0 Å². The zero-order valence-corrected chi connectivity index (χ0v) is 31.5. The first-order chi connectivity index (χ1) is 28.3. The van der Waals surface area contributed by atoms with E-state index in [0.29, 0.717) is 0 Å². The monoisotopic (exact) mass is 725 g/mol. The van der Waals surface area contributed by atoms with Crippen LogP contribution in [0.4, 0.5) is 17.1 Å². The molecule has 0 aliphatic rings. The van der Waals surface area contributed by atoms with Gasteiger partial charge in [-0.25, -0.2) is 0 Å². The molecule has 57 heavy (non-hydrogen) atoms. The molecule has 0 saturated carbocycles. The fourth-order valence-electron chi connectivity index (χ4n) is 8.28. The van der Waals surface area contributed by atoms with Crippen molar-refractivity contribution in [3.8, 4) is 55.6 Å². The summed E-state index contributed by atoms with van der Waals surface area (Å²) in [5.41, 5.74) is 15.3. The molecule has 10 aromatic carbocycles. The number of hydrogen-bond donors (Lipinski definition) is 0. The normalized spacial score (nSPS) is 11.2. The quantitative estimate of drug-likeness (QED) is 0.141. The Bertz CT molecular complexity index is 2900. The average Bonchev–Trinajstić information content (AvgIpc) is 3.30. The lowest BCUT2D eigenvalue weighted by Gasteiger charge is -2.30. The van der Waals surface area contributed by atoms with E-state index in [4.69, 9.17) is 0 Å². The Kier molecular flexibility index (Phi) is 8.95. The minimum Gasteiger partial charge on any atom is -0.309 e. The van der Waals surface area contributed by atoms with Gasteiger partial charge in [0.2, 0.25) is 0 Å². The maximum Gasteiger partial charge on any atom is 0.0624 e. The molecule has 1 nitrogen and oxygen atoms in total. The van der Waals surface area contributed by atoms with Crippen LogP contribution in [0.3, 0.4) is 0 Å². The SMILES string of the molecule is c1ccc(-c2ccc(-c3c(N(c4ccccc4)c4ccc(-c5cc(-c6ccccc6)cc(-c6ccccc6)c5)cc4)c4ccccc4c4ccccc34)cc2)cc1. The van der Waals surface area contributed by atoms with Crippen molar-refractivity contribution in [1.29, 1.82) is 0 Å². The van der Waals surface area contributed by atoms with Crippen LogP contribution in [0.5, 0.6) is 0 Å². The maximum atomic E-state index is 2.45. The molecule has 0 fully saturated rings. The second-order valence-electron chi connectivity index (χ2n) is 14.5. The van der Waals surface area contributed by atoms with E-state index < -0.39 is 0 Å². The number of anilines is 3. The van der Waals surface area contributed by atoms with Gasteiger partial charge >= 0.3 is 0 Å². The Morgan fingerprint density at radius 3 is 1.04 bits per heavy atom. The molecule has 10 rings (SSSR count). The van der Waals surface area contributed by atoms with Crippen LogP contribution < -0.4 is 4.90 Å². The molecule has 268 valence electrons. The van der Waals surface area contributed by atoms with Gasteiger partial charge in [0.1, 0.15) is 0 Å². The molecule has 0 saturated heterocycles. The Morgan fingerprint density at radius 1 is 0.211 bits per heavy atom. The minimum absolute atomic E-state index is 1.09. The first-order valence-corrected chi connectivity index (χ1v) is 19.6. The lowest BCUT2D eigenvalue weighted by molar-refractivity contribution is 1.30. The summed E-state index contributed by atoms with van der Waals surface area (Å²) >= 11 is 0. The number of benzene rings is 10. The summed E-state index contributed by atoms with van der Waals surface area (Å²) in [5, 5.41) is 4.91. The van der Waals surface area contributed by atoms with Crippen molar-refractivity contribution in [2.45, 2.75) is 0 Å². The van der Waals surface area contributed by atoms with Crippen molar-refractivity contribution in [3.05, 3.63) is 237 Å². The Labute approximate surface area is 334 Å². The third-order valence-corrected chi connectivity index (χ3v) is 11.0. The molecule has 0 amide bonds. The zero-order chi connectivity index (χ0) is 38.0. The van der Waals surface area contributed by atoms with Crippen LogP contribution in [0.15, 0.2) is 237 Å². The molecule has 1 heteroatoms. The lowest BCUT2D eigenvalue weighted by atomic mass is 9.89. The third kappa shape index (κ3) is 6.56. The molecule has 0 radical (unpaired) electrons. The van der Waals surface area contributed by atoms with E-state index in [1.807, 2.05) is 0 Å². The van der Waals surface area contributed by atoms with Gasteiger partial charge in [-0.3, -0.25) is 0 Å². The van der Waals surface area contributed by atoms with Gasteiger partial charge in [-0.1, -0.05) is 194 Å². The first kappa shape index (κ1) is 34.0. The topological polar surface area (TPSA) is 3.24 Å². The molecule has 0 aliphatic carbocycles. The molecule has 0 spiro atoms. The third-order valence-electron chi connectivity index (χ3n) is 11.0. The molecule has 0 unspecified atom stereocenters. The summed E-state index contributed by atoms with van der Waals surface area (Å²) in [6, 6.07) is 85.7. The zero-order valence-electron chi connectivity index (χ0n) is 31.5. The van der Waals surface area contributed by atoms with Gasteiger partial charge in [-0.05, 0) is 109 Å². The fourth-order valence-corrected chi connectivity index (χ4v) is 8.28. The molecular weight excluding hydrogens is 687 g/mol. The van der Waals surface area contributed by atoms with Crippen LogP contribution in [-0.2, 0) is 0 Å². The highest BCUT2D eigenvalue weighted by molar-refractivity contribution is 6.22. The van der Waals surface area contributed by atoms with E-state index in [0.717, 1.165) is 17.1 Å². The molecule has 10 aromatic rings. The number of nitrogens with zero attached hydrogens (tertiary/aromatic N) is 1. The molecule has 0 heterocycles. The Hall–Kier alpha value is -7.48. The molecule has 0 atom stereocenters. The Morgan fingerprint density at radius 2 is 0.526 bits per heavy atom. The average molecular weight is 726 g/mol. The highest BCUT2D eigenvalue weighted by Crippen LogP contribution is 2.49. The van der Waals surface area contributed by atoms with Crippen LogP contribution in [0.25, 0.3) is 77.2 Å². The Balaban J connectivity index is 1.17. The second kappa shape index (κ2) is 15.0. The van der Waals surface area contributed by atoms with Gasteiger partial charge in [0.05, 0.1) is 5.69 Å². The van der Waals surface area contributed by atoms with Crippen molar-refractivity contribution in [2.75, 3.05) is 4.90 Å². The van der Waals surface area contributed by atoms with Crippen molar-refractivity contribution >= 4 is 38.6 Å². The lowest BCUT2D eigenvalue weighted by Crippen LogP contribution is -2.12. The van der Waals surface area contributed by atoms with Crippen molar-refractivity contribution < 1.29 is 0 Å². The van der Waals surface area contributed by atoms with Gasteiger partial charge < -0.3 is 4.90 Å². The van der Waals surface area contributed by atoms with Crippen LogP contribution in [-0.4, -0.2) is 0 Å². The summed E-state index contributed by atoms with van der Waals surface area (Å²) in [6.45, 7) is 0. The summed E-state index contributed by atoms with van der Waals surface area (Å²) in [6.07, 6.45) is 0. The smallest absolute Gasteiger partial charge is 0.0624 e. The number of rotatable bonds is 8. The number of hydrogen-bond acceptors (Lipinski definition) is 1. The molecular formula is C56H39N. The number of fused-ring (bicyclic) bond motifs is 3. The summed E-state index contributed by atoms with van der Waals surface area (Å²) in [7, 11) is 0. The van der Waals surface area contributed by atoms with Gasteiger partial charge in [-0.15, -0.1) is 0 Å². The number of para-hydroxylation sites is 1.